The zero-order valence-corrected chi connectivity index (χ0v) is 19.9. The maximum atomic E-state index is 12.9. The van der Waals surface area contributed by atoms with E-state index in [-0.39, 0.29) is 35.2 Å². The van der Waals surface area contributed by atoms with Gasteiger partial charge < -0.3 is 24.4 Å². The van der Waals surface area contributed by atoms with Gasteiger partial charge in [0.1, 0.15) is 6.10 Å². The van der Waals surface area contributed by atoms with Crippen LogP contribution in [0.15, 0.2) is 42.7 Å². The maximum absolute atomic E-state index is 12.9. The molecular formula is C24H28N6O5. The number of nitrogens with one attached hydrogen (secondary N) is 1. The van der Waals surface area contributed by atoms with Gasteiger partial charge in [-0.1, -0.05) is 0 Å². The van der Waals surface area contributed by atoms with Crippen LogP contribution in [0.1, 0.15) is 40.5 Å². The monoisotopic (exact) mass is 480 g/mol. The molecule has 11 nitrogen and oxygen atoms in total. The summed E-state index contributed by atoms with van der Waals surface area (Å²) in [6.45, 7) is 3.69. The van der Waals surface area contributed by atoms with Crippen LogP contribution in [0.2, 0.25) is 0 Å². The predicted octanol–water partition coefficient (Wildman–Crippen LogP) is 2.90. The van der Waals surface area contributed by atoms with Crippen molar-refractivity contribution in [3.63, 3.8) is 0 Å². The van der Waals surface area contributed by atoms with Crippen molar-refractivity contribution < 1.29 is 23.8 Å². The Kier molecular flexibility index (Phi) is 7.56. The van der Waals surface area contributed by atoms with E-state index in [1.165, 1.54) is 18.3 Å². The van der Waals surface area contributed by atoms with Gasteiger partial charge >= 0.3 is 0 Å². The van der Waals surface area contributed by atoms with Crippen LogP contribution >= 0.6 is 0 Å². The predicted molar refractivity (Wildman–Crippen MR) is 127 cm³/mol. The molecule has 0 aromatic carbocycles. The fourth-order valence-electron chi connectivity index (χ4n) is 3.65. The molecule has 1 atom stereocenters. The minimum absolute atomic E-state index is 0.0457. The first kappa shape index (κ1) is 24.1. The van der Waals surface area contributed by atoms with E-state index < -0.39 is 5.91 Å². The molecule has 11 heteroatoms. The summed E-state index contributed by atoms with van der Waals surface area (Å²) < 4.78 is 18.3. The molecule has 4 rings (SSSR count). The minimum atomic E-state index is -0.403. The number of aryl methyl sites for hydroxylation is 1. The van der Waals surface area contributed by atoms with Gasteiger partial charge in [0, 0.05) is 63.9 Å². The van der Waals surface area contributed by atoms with Crippen molar-refractivity contribution >= 4 is 17.6 Å². The first-order valence-corrected chi connectivity index (χ1v) is 11.3. The smallest absolute Gasteiger partial charge is 0.257 e. The van der Waals surface area contributed by atoms with Crippen molar-refractivity contribution in [2.45, 2.75) is 25.9 Å². The molecule has 3 aromatic heterocycles. The minimum Gasteiger partial charge on any atom is -0.472 e. The van der Waals surface area contributed by atoms with E-state index in [4.69, 9.17) is 14.2 Å². The SMILES string of the molecule is COC[C@@H](C)Oc1cc(C(=O)Nc2ccn(C)n2)cc(Oc2ccc(C(=O)N3CCCC3)cn2)n1. The Labute approximate surface area is 203 Å². The van der Waals surface area contributed by atoms with Crippen LogP contribution in [-0.2, 0) is 11.8 Å². The Bertz CT molecular complexity index is 1170. The third kappa shape index (κ3) is 6.33. The molecule has 1 aliphatic heterocycles. The second-order valence-corrected chi connectivity index (χ2v) is 8.23. The van der Waals surface area contributed by atoms with E-state index in [0.717, 1.165) is 25.9 Å². The molecule has 1 N–H and O–H groups in total. The number of rotatable bonds is 9. The van der Waals surface area contributed by atoms with E-state index in [1.54, 1.807) is 43.2 Å². The molecule has 1 saturated heterocycles. The number of pyridine rings is 2. The number of hydrogen-bond acceptors (Lipinski definition) is 8. The van der Waals surface area contributed by atoms with Gasteiger partial charge in [0.25, 0.3) is 11.8 Å². The van der Waals surface area contributed by atoms with E-state index in [1.807, 2.05) is 11.8 Å². The van der Waals surface area contributed by atoms with Crippen molar-refractivity contribution in [1.29, 1.82) is 0 Å². The van der Waals surface area contributed by atoms with Gasteiger partial charge in [-0.15, -0.1) is 0 Å². The molecule has 0 unspecified atom stereocenters. The summed E-state index contributed by atoms with van der Waals surface area (Å²) in [5, 5.41) is 6.89. The van der Waals surface area contributed by atoms with Crippen LogP contribution in [0, 0.1) is 0 Å². The Hall–Kier alpha value is -3.99. The van der Waals surface area contributed by atoms with Crippen molar-refractivity contribution in [2.75, 3.05) is 32.1 Å². The van der Waals surface area contributed by atoms with Crippen LogP contribution < -0.4 is 14.8 Å². The largest absolute Gasteiger partial charge is 0.472 e. The molecule has 0 radical (unpaired) electrons. The molecule has 0 saturated carbocycles. The highest BCUT2D eigenvalue weighted by molar-refractivity contribution is 6.04. The highest BCUT2D eigenvalue weighted by Crippen LogP contribution is 2.24. The molecule has 184 valence electrons. The van der Waals surface area contributed by atoms with Crippen LogP contribution in [0.3, 0.4) is 0 Å². The lowest BCUT2D eigenvalue weighted by Gasteiger charge is -2.16. The highest BCUT2D eigenvalue weighted by Gasteiger charge is 2.20. The number of amides is 2. The van der Waals surface area contributed by atoms with Crippen molar-refractivity contribution in [3.8, 4) is 17.6 Å². The van der Waals surface area contributed by atoms with Gasteiger partial charge in [-0.25, -0.2) is 4.98 Å². The van der Waals surface area contributed by atoms with Crippen molar-refractivity contribution in [2.24, 2.45) is 7.05 Å². The molecule has 0 spiro atoms. The second-order valence-electron chi connectivity index (χ2n) is 8.23. The van der Waals surface area contributed by atoms with E-state index in [2.05, 4.69) is 20.4 Å². The molecule has 35 heavy (non-hydrogen) atoms. The number of hydrogen-bond donors (Lipinski definition) is 1. The summed E-state index contributed by atoms with van der Waals surface area (Å²) in [4.78, 5) is 35.8. The van der Waals surface area contributed by atoms with Gasteiger partial charge in [0.2, 0.25) is 17.6 Å². The first-order chi connectivity index (χ1) is 16.9. The zero-order chi connectivity index (χ0) is 24.8. The molecule has 1 fully saturated rings. The van der Waals surface area contributed by atoms with Gasteiger partial charge in [0.15, 0.2) is 5.82 Å². The Morgan fingerprint density at radius 1 is 1.09 bits per heavy atom. The maximum Gasteiger partial charge on any atom is 0.257 e. The Morgan fingerprint density at radius 2 is 1.86 bits per heavy atom. The van der Waals surface area contributed by atoms with Crippen molar-refractivity contribution in [3.05, 3.63) is 53.9 Å². The molecule has 3 aromatic rings. The lowest BCUT2D eigenvalue weighted by Crippen LogP contribution is -2.27. The summed E-state index contributed by atoms with van der Waals surface area (Å²) in [7, 11) is 3.33. The number of anilines is 1. The Morgan fingerprint density at radius 3 is 2.51 bits per heavy atom. The summed E-state index contributed by atoms with van der Waals surface area (Å²) >= 11 is 0. The summed E-state index contributed by atoms with van der Waals surface area (Å²) in [6, 6.07) is 7.95. The average molecular weight is 481 g/mol. The number of ether oxygens (including phenoxy) is 3. The molecule has 0 bridgehead atoms. The van der Waals surface area contributed by atoms with Gasteiger partial charge in [-0.3, -0.25) is 14.3 Å². The van der Waals surface area contributed by atoms with Crippen LogP contribution in [0.25, 0.3) is 0 Å². The number of likely N-dealkylation sites (tertiary alicyclic amines) is 1. The highest BCUT2D eigenvalue weighted by atomic mass is 16.5. The molecule has 2 amide bonds. The van der Waals surface area contributed by atoms with Crippen LogP contribution in [0.4, 0.5) is 5.82 Å². The third-order valence-electron chi connectivity index (χ3n) is 5.30. The second kappa shape index (κ2) is 11.0. The fourth-order valence-corrected chi connectivity index (χ4v) is 3.65. The number of carbonyl (C=O) groups excluding carboxylic acids is 2. The quantitative estimate of drug-likeness (QED) is 0.496. The van der Waals surface area contributed by atoms with Crippen molar-refractivity contribution in [1.82, 2.24) is 24.6 Å². The zero-order valence-electron chi connectivity index (χ0n) is 19.9. The van der Waals surface area contributed by atoms with Crippen LogP contribution in [-0.4, -0.2) is 69.4 Å². The fraction of sp³-hybridized carbons (Fsp3) is 0.375. The summed E-state index contributed by atoms with van der Waals surface area (Å²) in [5.74, 6) is 0.499. The number of nitrogens with zero attached hydrogens (tertiary/aromatic N) is 5. The topological polar surface area (TPSA) is 121 Å². The van der Waals surface area contributed by atoms with Crippen LogP contribution in [0.5, 0.6) is 17.6 Å². The normalized spacial score (nSPS) is 14.0. The molecular weight excluding hydrogens is 452 g/mol. The molecule has 1 aliphatic rings. The standard InChI is InChI=1S/C24H28N6O5/c1-16(15-33-3)34-21-12-18(23(31)26-19-8-11-29(2)28-19)13-22(27-21)35-20-7-6-17(14-25-20)24(32)30-9-4-5-10-30/h6-8,11-14,16H,4-5,9-10,15H2,1-3H3,(H,26,28,31)/t16-/m1/s1. The van der Waals surface area contributed by atoms with E-state index >= 15 is 0 Å². The molecule has 0 aliphatic carbocycles. The summed E-state index contributed by atoms with van der Waals surface area (Å²) in [6.07, 6.45) is 4.93. The number of carbonyl (C=O) groups is 2. The Balaban J connectivity index is 1.53. The summed E-state index contributed by atoms with van der Waals surface area (Å²) in [5.41, 5.74) is 0.759. The number of aromatic nitrogens is 4. The average Bonchev–Trinajstić information content (AvgIpc) is 3.51. The van der Waals surface area contributed by atoms with Gasteiger partial charge in [-0.05, 0) is 25.8 Å². The third-order valence-corrected chi connectivity index (χ3v) is 5.30. The van der Waals surface area contributed by atoms with Gasteiger partial charge in [0.05, 0.1) is 17.7 Å². The van der Waals surface area contributed by atoms with E-state index in [0.29, 0.717) is 18.0 Å². The van der Waals surface area contributed by atoms with Gasteiger partial charge in [-0.2, -0.15) is 10.1 Å². The lowest BCUT2D eigenvalue weighted by molar-refractivity contribution is 0.0792. The lowest BCUT2D eigenvalue weighted by atomic mass is 10.2. The first-order valence-electron chi connectivity index (χ1n) is 11.3. The van der Waals surface area contributed by atoms with E-state index in [9.17, 15) is 9.59 Å². The molecule has 4 heterocycles. The number of methoxy groups -OCH3 is 1.